The predicted octanol–water partition coefficient (Wildman–Crippen LogP) is -0.382. The number of anilines is 1. The van der Waals surface area contributed by atoms with Crippen molar-refractivity contribution < 1.29 is 34.1 Å². The van der Waals surface area contributed by atoms with Crippen LogP contribution in [0.3, 0.4) is 0 Å². The first kappa shape index (κ1) is 37.4. The van der Waals surface area contributed by atoms with E-state index in [0.29, 0.717) is 37.6 Å². The zero-order valence-corrected chi connectivity index (χ0v) is 28.9. The third-order valence-corrected chi connectivity index (χ3v) is 10.8. The van der Waals surface area contributed by atoms with Gasteiger partial charge in [0.15, 0.2) is 23.2 Å². The van der Waals surface area contributed by atoms with E-state index < -0.39 is 24.5 Å². The largest absolute Gasteiger partial charge is 0.387 e. The highest BCUT2D eigenvalue weighted by Gasteiger charge is 2.45. The second-order valence-corrected chi connectivity index (χ2v) is 14.3. The normalized spacial score (nSPS) is 25.6. The number of amides is 5. The number of hydrogen-bond acceptors (Lipinski definition) is 13. The smallest absolute Gasteiger partial charge is 0.315 e. The van der Waals surface area contributed by atoms with E-state index in [0.717, 1.165) is 57.1 Å². The fourth-order valence-corrected chi connectivity index (χ4v) is 7.98. The van der Waals surface area contributed by atoms with Crippen LogP contribution in [0.4, 0.5) is 10.6 Å². The maximum atomic E-state index is 12.3. The number of aliphatic hydroxyl groups is 2. The summed E-state index contributed by atoms with van der Waals surface area (Å²) in [5, 5.41) is 43.8. The molecule has 5 heterocycles. The molecule has 0 radical (unpaired) electrons. The second kappa shape index (κ2) is 18.4. The van der Waals surface area contributed by atoms with Crippen LogP contribution in [0.1, 0.15) is 83.3 Å². The Morgan fingerprint density at radius 2 is 1.56 bits per heavy atom. The number of thioether (sulfide) groups is 1. The molecule has 5 amide bonds. The van der Waals surface area contributed by atoms with E-state index in [4.69, 9.17) is 10.5 Å². The summed E-state index contributed by atoms with van der Waals surface area (Å²) in [7, 11) is 0. The summed E-state index contributed by atoms with van der Waals surface area (Å²) in [6.45, 7) is 1.15. The molecule has 3 aliphatic rings. The molecule has 2 aromatic heterocycles. The van der Waals surface area contributed by atoms with Crippen LogP contribution in [0.2, 0.25) is 0 Å². The van der Waals surface area contributed by atoms with Gasteiger partial charge >= 0.3 is 6.03 Å². The summed E-state index contributed by atoms with van der Waals surface area (Å²) >= 11 is 1.89. The van der Waals surface area contributed by atoms with E-state index in [2.05, 4.69) is 46.9 Å². The van der Waals surface area contributed by atoms with E-state index in [-0.39, 0.29) is 65.8 Å². The first-order valence-corrected chi connectivity index (χ1v) is 18.6. The topological polar surface area (TPSA) is 261 Å². The van der Waals surface area contributed by atoms with Crippen LogP contribution in [0.25, 0.3) is 11.2 Å². The molecule has 3 aliphatic heterocycles. The Kier molecular flexibility index (Phi) is 13.8. The maximum Gasteiger partial charge on any atom is 0.315 e. The van der Waals surface area contributed by atoms with Gasteiger partial charge in [-0.25, -0.2) is 14.8 Å². The minimum absolute atomic E-state index is 0.00221. The average molecular weight is 720 g/mol. The highest BCUT2D eigenvalue weighted by molar-refractivity contribution is 8.00. The number of aromatic nitrogens is 5. The first-order valence-electron chi connectivity index (χ1n) is 17.5. The Bertz CT molecular complexity index is 1470. The monoisotopic (exact) mass is 719 g/mol. The number of aliphatic hydroxyl groups excluding tert-OH is 2. The SMILES string of the molecule is Nc1ncnc2c1nnn2C1O[C@H](CNC(=O)CCCCCNC(=O)CCCCCNC(=O)CCCC[C@@H]2SC[C@@H]3NC(=O)N[C@@H]32)[C@@H](O)[C@H]1O. The lowest BCUT2D eigenvalue weighted by atomic mass is 10.0. The third-order valence-electron chi connectivity index (χ3n) is 9.25. The van der Waals surface area contributed by atoms with Crippen LogP contribution in [0.5, 0.6) is 0 Å². The molecule has 2 aromatic rings. The number of ether oxygens (including phenoxy) is 1. The summed E-state index contributed by atoms with van der Waals surface area (Å²) in [5.74, 6) is 0.922. The van der Waals surface area contributed by atoms with Gasteiger partial charge in [-0.2, -0.15) is 16.4 Å². The van der Waals surface area contributed by atoms with Crippen LogP contribution >= 0.6 is 11.8 Å². The van der Waals surface area contributed by atoms with Gasteiger partial charge in [0.25, 0.3) is 0 Å². The van der Waals surface area contributed by atoms with Crippen LogP contribution < -0.4 is 32.3 Å². The molecule has 50 heavy (non-hydrogen) atoms. The van der Waals surface area contributed by atoms with Gasteiger partial charge in [-0.15, -0.1) is 5.10 Å². The molecule has 0 aliphatic carbocycles. The molecule has 0 saturated carbocycles. The zero-order valence-electron chi connectivity index (χ0n) is 28.1. The van der Waals surface area contributed by atoms with Gasteiger partial charge in [0.1, 0.15) is 24.6 Å². The van der Waals surface area contributed by atoms with Crippen molar-refractivity contribution >= 4 is 52.5 Å². The van der Waals surface area contributed by atoms with E-state index in [1.165, 1.54) is 11.0 Å². The number of nitrogens with one attached hydrogen (secondary N) is 5. The fraction of sp³-hybridized carbons (Fsp3) is 0.742. The molecule has 3 saturated heterocycles. The van der Waals surface area contributed by atoms with Crippen LogP contribution in [0, 0.1) is 0 Å². The van der Waals surface area contributed by atoms with E-state index in [1.807, 2.05) is 11.8 Å². The Morgan fingerprint density at radius 1 is 0.900 bits per heavy atom. The standard InChI is InChI=1S/C31H49N11O7S/c32-28-25-29(37-17-36-28)42(41-40-25)30-27(47)26(46)19(49-30)15-35-23(45)11-4-2-8-13-33-21(43)10-3-1-7-14-34-22(44)12-6-5-9-20-24-18(16-50-20)38-31(48)39-24/h17-20,24,26-27,30,46-47H,1-16H2,(H,33,43)(H,34,44)(H,35,45)(H2,32,36,37)(H2,38,39,48)/t18-,19+,20-,24-,26+,27+,30?/m0/s1. The lowest BCUT2D eigenvalue weighted by Crippen LogP contribution is -2.39. The fourth-order valence-electron chi connectivity index (χ4n) is 6.44. The Labute approximate surface area is 294 Å². The second-order valence-electron chi connectivity index (χ2n) is 13.0. The van der Waals surface area contributed by atoms with Gasteiger partial charge < -0.3 is 47.3 Å². The third kappa shape index (κ3) is 10.1. The summed E-state index contributed by atoms with van der Waals surface area (Å²) in [4.78, 5) is 56.0. The number of nitrogens with zero attached hydrogens (tertiary/aromatic N) is 5. The molecule has 0 spiro atoms. The molecule has 276 valence electrons. The van der Waals surface area contributed by atoms with Crippen molar-refractivity contribution in [2.24, 2.45) is 0 Å². The number of urea groups is 1. The molecule has 18 nitrogen and oxygen atoms in total. The molecule has 1 unspecified atom stereocenters. The Morgan fingerprint density at radius 3 is 2.26 bits per heavy atom. The van der Waals surface area contributed by atoms with E-state index in [9.17, 15) is 29.4 Å². The molecule has 19 heteroatoms. The number of hydrogen-bond donors (Lipinski definition) is 8. The number of carbonyl (C=O) groups is 4. The number of nitrogen functional groups attached to an aromatic ring is 1. The van der Waals surface area contributed by atoms with Crippen molar-refractivity contribution in [3.63, 3.8) is 0 Å². The van der Waals surface area contributed by atoms with Crippen molar-refractivity contribution in [1.82, 2.24) is 51.5 Å². The predicted molar refractivity (Wildman–Crippen MR) is 183 cm³/mol. The number of carbonyl (C=O) groups excluding carboxylic acids is 4. The molecule has 0 aromatic carbocycles. The maximum absolute atomic E-state index is 12.3. The molecule has 3 fully saturated rings. The molecule has 0 bridgehead atoms. The van der Waals surface area contributed by atoms with Crippen LogP contribution in [-0.2, 0) is 19.1 Å². The van der Waals surface area contributed by atoms with Gasteiger partial charge in [0, 0.05) is 49.9 Å². The highest BCUT2D eigenvalue weighted by atomic mass is 32.2. The minimum Gasteiger partial charge on any atom is -0.387 e. The molecular weight excluding hydrogens is 670 g/mol. The zero-order chi connectivity index (χ0) is 35.5. The van der Waals surface area contributed by atoms with Gasteiger partial charge in [0.05, 0.1) is 12.1 Å². The van der Waals surface area contributed by atoms with Crippen molar-refractivity contribution in [3.8, 4) is 0 Å². The summed E-state index contributed by atoms with van der Waals surface area (Å²) < 4.78 is 7.02. The van der Waals surface area contributed by atoms with Crippen molar-refractivity contribution in [1.29, 1.82) is 0 Å². The van der Waals surface area contributed by atoms with Gasteiger partial charge in [-0.3, -0.25) is 14.4 Å². The molecule has 7 atom stereocenters. The number of nitrogens with two attached hydrogens (primary N) is 1. The van der Waals surface area contributed by atoms with E-state index in [1.54, 1.807) is 0 Å². The van der Waals surface area contributed by atoms with E-state index >= 15 is 0 Å². The van der Waals surface area contributed by atoms with Gasteiger partial charge in [-0.05, 0) is 38.5 Å². The first-order chi connectivity index (χ1) is 24.2. The van der Waals surface area contributed by atoms with Crippen molar-refractivity contribution in [2.45, 2.75) is 119 Å². The number of rotatable bonds is 20. The molecule has 5 rings (SSSR count). The molecule has 9 N–H and O–H groups in total. The minimum atomic E-state index is -1.32. The summed E-state index contributed by atoms with van der Waals surface area (Å²) in [5.41, 5.74) is 6.29. The number of fused-ring (bicyclic) bond motifs is 2. The van der Waals surface area contributed by atoms with Crippen LogP contribution in [0.15, 0.2) is 6.33 Å². The average Bonchev–Trinajstić information content (AvgIpc) is 3.86. The van der Waals surface area contributed by atoms with Gasteiger partial charge in [0.2, 0.25) is 17.7 Å². The van der Waals surface area contributed by atoms with Crippen molar-refractivity contribution in [3.05, 3.63) is 6.33 Å². The summed E-state index contributed by atoms with van der Waals surface area (Å²) in [6, 6.07) is 0.363. The quantitative estimate of drug-likeness (QED) is 0.0642. The number of unbranched alkanes of at least 4 members (excludes halogenated alkanes) is 5. The highest BCUT2D eigenvalue weighted by Crippen LogP contribution is 2.33. The van der Waals surface area contributed by atoms with Gasteiger partial charge in [-0.1, -0.05) is 24.5 Å². The Hall–Kier alpha value is -3.81. The van der Waals surface area contributed by atoms with Crippen molar-refractivity contribution in [2.75, 3.05) is 31.1 Å². The summed E-state index contributed by atoms with van der Waals surface area (Å²) in [6.07, 6.45) is 5.33. The molecular formula is C31H49N11O7S. The lowest BCUT2D eigenvalue weighted by Gasteiger charge is -2.16. The van der Waals surface area contributed by atoms with Crippen LogP contribution in [-0.4, -0.2) is 120 Å². The Balaban J connectivity index is 0.817. The lowest BCUT2D eigenvalue weighted by molar-refractivity contribution is -0.123.